The number of carbonyl (C=O) groups is 3. The number of likely N-dealkylation sites (tertiary alicyclic amines) is 1. The van der Waals surface area contributed by atoms with Crippen LogP contribution in [0.3, 0.4) is 0 Å². The van der Waals surface area contributed by atoms with E-state index in [0.29, 0.717) is 40.6 Å². The van der Waals surface area contributed by atoms with Crippen LogP contribution in [0.5, 0.6) is 17.2 Å². The number of hydrogen-bond acceptors (Lipinski definition) is 8. The van der Waals surface area contributed by atoms with Gasteiger partial charge < -0.3 is 29.3 Å². The summed E-state index contributed by atoms with van der Waals surface area (Å²) in [5.74, 6) is 1.18. The van der Waals surface area contributed by atoms with Gasteiger partial charge in [0.1, 0.15) is 5.75 Å². The van der Waals surface area contributed by atoms with Crippen molar-refractivity contribution in [2.45, 2.75) is 57.4 Å². The number of aryl methyl sites for hydroxylation is 2. The lowest BCUT2D eigenvalue weighted by atomic mass is 10.1. The van der Waals surface area contributed by atoms with Gasteiger partial charge in [-0.1, -0.05) is 18.2 Å². The van der Waals surface area contributed by atoms with E-state index in [1.54, 1.807) is 39.9 Å². The number of ether oxygens (including phenoxy) is 3. The van der Waals surface area contributed by atoms with Gasteiger partial charge in [-0.25, -0.2) is 9.50 Å². The molecule has 238 valence electrons. The average Bonchev–Trinajstić information content (AvgIpc) is 3.64. The second-order valence-corrected chi connectivity index (χ2v) is 12.1. The van der Waals surface area contributed by atoms with E-state index in [9.17, 15) is 14.4 Å². The predicted octanol–water partition coefficient (Wildman–Crippen LogP) is 3.30. The smallest absolute Gasteiger partial charge is 0.257 e. The molecule has 1 aliphatic carbocycles. The average molecular weight is 625 g/mol. The second kappa shape index (κ2) is 12.4. The fraction of sp³-hybridized carbons (Fsp3) is 0.382. The Bertz CT molecular complexity index is 1800. The molecular weight excluding hydrogens is 588 g/mol. The van der Waals surface area contributed by atoms with Crippen molar-refractivity contribution in [1.82, 2.24) is 29.7 Å². The minimum Gasteiger partial charge on any atom is -0.493 e. The standard InChI is InChI=1S/C34H36N6O6/c1-21-26(16-35-31-12-13-36-40(21)31)34(43)38-17-27-30(18-38)45-20-23-4-3-5-25(14-23)46-28-10-6-22(15-29(28)44-2)7-11-33(42)39(24-8-9-24)19-32(41)37-27/h3-6,10,12-16,24,27,30H,7-9,11,17-20H2,1-2H3,(H,37,41)/t27-,30-/m0/s1. The number of nitrogens with zero attached hydrogens (tertiary/aromatic N) is 5. The number of fused-ring (bicyclic) bond motifs is 10. The summed E-state index contributed by atoms with van der Waals surface area (Å²) >= 11 is 0. The van der Waals surface area contributed by atoms with Crippen LogP contribution < -0.4 is 14.8 Å². The van der Waals surface area contributed by atoms with E-state index in [0.717, 1.165) is 24.0 Å². The van der Waals surface area contributed by atoms with Crippen LogP contribution in [0.1, 0.15) is 46.4 Å². The van der Waals surface area contributed by atoms with E-state index in [4.69, 9.17) is 14.2 Å². The van der Waals surface area contributed by atoms with Crippen LogP contribution in [0, 0.1) is 6.92 Å². The van der Waals surface area contributed by atoms with Crippen LogP contribution in [0.25, 0.3) is 5.65 Å². The maximum Gasteiger partial charge on any atom is 0.257 e. The quantitative estimate of drug-likeness (QED) is 0.368. The predicted molar refractivity (Wildman–Crippen MR) is 167 cm³/mol. The zero-order valence-electron chi connectivity index (χ0n) is 25.8. The van der Waals surface area contributed by atoms with Crippen molar-refractivity contribution in [3.05, 3.63) is 83.3 Å². The second-order valence-electron chi connectivity index (χ2n) is 12.1. The minimum absolute atomic E-state index is 0.0438. The molecule has 4 bridgehead atoms. The molecule has 5 heterocycles. The van der Waals surface area contributed by atoms with Crippen molar-refractivity contribution < 1.29 is 28.6 Å². The summed E-state index contributed by atoms with van der Waals surface area (Å²) < 4.78 is 19.8. The molecule has 2 aromatic carbocycles. The number of amides is 3. The number of nitrogens with one attached hydrogen (secondary N) is 1. The molecule has 0 unspecified atom stereocenters. The van der Waals surface area contributed by atoms with Gasteiger partial charge in [0.15, 0.2) is 17.1 Å². The first kappa shape index (κ1) is 29.7. The minimum atomic E-state index is -0.487. The summed E-state index contributed by atoms with van der Waals surface area (Å²) in [6, 6.07) is 14.6. The Hall–Kier alpha value is -4.97. The molecule has 3 aliphatic heterocycles. The Kier molecular flexibility index (Phi) is 8.03. The van der Waals surface area contributed by atoms with Gasteiger partial charge >= 0.3 is 0 Å². The molecule has 8 rings (SSSR count). The lowest BCUT2D eigenvalue weighted by Crippen LogP contribution is -2.49. The highest BCUT2D eigenvalue weighted by molar-refractivity contribution is 5.95. The molecule has 12 nitrogen and oxygen atoms in total. The number of aromatic nitrogens is 3. The van der Waals surface area contributed by atoms with Crippen LogP contribution in [0.2, 0.25) is 0 Å². The number of benzene rings is 2. The molecule has 0 radical (unpaired) electrons. The third kappa shape index (κ3) is 6.12. The van der Waals surface area contributed by atoms with Gasteiger partial charge in [-0.05, 0) is 61.6 Å². The van der Waals surface area contributed by atoms with E-state index in [2.05, 4.69) is 15.4 Å². The van der Waals surface area contributed by atoms with Gasteiger partial charge in [-0.3, -0.25) is 14.4 Å². The van der Waals surface area contributed by atoms with Crippen LogP contribution >= 0.6 is 0 Å². The summed E-state index contributed by atoms with van der Waals surface area (Å²) in [5.41, 5.74) is 3.58. The van der Waals surface area contributed by atoms with Crippen LogP contribution in [-0.2, 0) is 27.4 Å². The zero-order chi connectivity index (χ0) is 31.8. The molecule has 2 fully saturated rings. The third-order valence-corrected chi connectivity index (χ3v) is 8.85. The van der Waals surface area contributed by atoms with Gasteiger partial charge in [0.25, 0.3) is 5.91 Å². The largest absolute Gasteiger partial charge is 0.493 e. The molecule has 1 saturated carbocycles. The van der Waals surface area contributed by atoms with Gasteiger partial charge in [0.05, 0.1) is 49.9 Å². The zero-order valence-corrected chi connectivity index (χ0v) is 25.8. The van der Waals surface area contributed by atoms with Gasteiger partial charge in [-0.2, -0.15) is 5.10 Å². The monoisotopic (exact) mass is 624 g/mol. The normalized spacial score (nSPS) is 20.8. The lowest BCUT2D eigenvalue weighted by Gasteiger charge is -2.25. The molecule has 0 spiro atoms. The number of methoxy groups -OCH3 is 1. The summed E-state index contributed by atoms with van der Waals surface area (Å²) in [5, 5.41) is 7.38. The fourth-order valence-corrected chi connectivity index (χ4v) is 6.21. The summed E-state index contributed by atoms with van der Waals surface area (Å²) in [7, 11) is 1.59. The van der Waals surface area contributed by atoms with Crippen molar-refractivity contribution in [2.75, 3.05) is 26.7 Å². The van der Waals surface area contributed by atoms with Crippen LogP contribution in [0.4, 0.5) is 0 Å². The van der Waals surface area contributed by atoms with E-state index in [-0.39, 0.29) is 56.4 Å². The van der Waals surface area contributed by atoms with Gasteiger partial charge in [0, 0.05) is 37.8 Å². The van der Waals surface area contributed by atoms with Crippen molar-refractivity contribution >= 4 is 23.4 Å². The Balaban J connectivity index is 1.17. The highest BCUT2D eigenvalue weighted by atomic mass is 16.5. The molecule has 4 aromatic rings. The topological polar surface area (TPSA) is 128 Å². The molecule has 46 heavy (non-hydrogen) atoms. The maximum absolute atomic E-state index is 13.8. The fourth-order valence-electron chi connectivity index (χ4n) is 6.21. The molecule has 2 atom stereocenters. The maximum atomic E-state index is 13.8. The molecule has 1 N–H and O–H groups in total. The van der Waals surface area contributed by atoms with E-state index < -0.39 is 12.1 Å². The Morgan fingerprint density at radius 2 is 1.91 bits per heavy atom. The number of rotatable bonds is 3. The summed E-state index contributed by atoms with van der Waals surface area (Å²) in [6.45, 7) is 2.54. The number of hydrogen-bond donors (Lipinski definition) is 1. The Labute approximate surface area is 266 Å². The lowest BCUT2D eigenvalue weighted by molar-refractivity contribution is -0.137. The molecular formula is C34H36N6O6. The van der Waals surface area contributed by atoms with Gasteiger partial charge in [-0.15, -0.1) is 0 Å². The Morgan fingerprint density at radius 3 is 2.74 bits per heavy atom. The molecule has 12 heteroatoms. The van der Waals surface area contributed by atoms with Crippen molar-refractivity contribution in [1.29, 1.82) is 0 Å². The van der Waals surface area contributed by atoms with Gasteiger partial charge in [0.2, 0.25) is 11.8 Å². The van der Waals surface area contributed by atoms with Crippen molar-refractivity contribution in [3.8, 4) is 17.2 Å². The number of carbonyl (C=O) groups excluding carboxylic acids is 3. The van der Waals surface area contributed by atoms with Crippen LogP contribution in [-0.4, -0.2) is 87.1 Å². The third-order valence-electron chi connectivity index (χ3n) is 8.85. The van der Waals surface area contributed by atoms with E-state index in [1.165, 1.54) is 0 Å². The summed E-state index contributed by atoms with van der Waals surface area (Å²) in [6.07, 6.45) is 5.25. The first-order chi connectivity index (χ1) is 22.4. The highest BCUT2D eigenvalue weighted by Gasteiger charge is 2.39. The van der Waals surface area contributed by atoms with Crippen molar-refractivity contribution in [3.63, 3.8) is 0 Å². The SMILES string of the molecule is COc1cc2ccc1Oc1cccc(c1)CO[C@H]1CN(C(=O)c3cnc4ccnn4c3C)C[C@@H]1NC(=O)CN(C1CC1)C(=O)CC2. The van der Waals surface area contributed by atoms with E-state index in [1.807, 2.05) is 49.4 Å². The summed E-state index contributed by atoms with van der Waals surface area (Å²) in [4.78, 5) is 48.4. The molecule has 1 saturated heterocycles. The van der Waals surface area contributed by atoms with Crippen LogP contribution in [0.15, 0.2) is 60.9 Å². The van der Waals surface area contributed by atoms with Crippen molar-refractivity contribution in [2.24, 2.45) is 0 Å². The molecule has 4 aliphatic rings. The first-order valence-electron chi connectivity index (χ1n) is 15.6. The first-order valence-corrected chi connectivity index (χ1v) is 15.6. The highest BCUT2D eigenvalue weighted by Crippen LogP contribution is 2.34. The molecule has 3 amide bonds. The molecule has 2 aromatic heterocycles. The Morgan fingerprint density at radius 1 is 1.04 bits per heavy atom. The van der Waals surface area contributed by atoms with E-state index >= 15 is 0 Å².